The van der Waals surface area contributed by atoms with Crippen LogP contribution in [0.15, 0.2) is 52.9 Å². The predicted molar refractivity (Wildman–Crippen MR) is 133 cm³/mol. The normalized spacial score (nSPS) is 21.5. The SMILES string of the molecule is C#C[C@@H]1C[C@@]2(CN1C(=O)C(CC(C)(C)F)NC(=O)c1cc3cc(F)ccc3o1)C(=O)Nc1ccccc12. The summed E-state index contributed by atoms with van der Waals surface area (Å²) in [5.74, 6) is 0.335. The Morgan fingerprint density at radius 1 is 1.30 bits per heavy atom. The Bertz CT molecular complexity index is 1470. The number of amides is 3. The molecule has 0 radical (unpaired) electrons. The fourth-order valence-corrected chi connectivity index (χ4v) is 5.26. The van der Waals surface area contributed by atoms with Gasteiger partial charge in [-0.2, -0.15) is 0 Å². The summed E-state index contributed by atoms with van der Waals surface area (Å²) in [5, 5.41) is 5.80. The molecule has 0 saturated carbocycles. The van der Waals surface area contributed by atoms with Crippen molar-refractivity contribution < 1.29 is 27.6 Å². The summed E-state index contributed by atoms with van der Waals surface area (Å²) in [4.78, 5) is 41.2. The van der Waals surface area contributed by atoms with E-state index in [1.54, 1.807) is 12.1 Å². The van der Waals surface area contributed by atoms with Crippen LogP contribution in [0.4, 0.5) is 14.5 Å². The van der Waals surface area contributed by atoms with Crippen LogP contribution >= 0.6 is 0 Å². The van der Waals surface area contributed by atoms with Crippen LogP contribution in [0.2, 0.25) is 0 Å². The molecule has 2 aliphatic rings. The maximum atomic E-state index is 14.8. The summed E-state index contributed by atoms with van der Waals surface area (Å²) >= 11 is 0. The van der Waals surface area contributed by atoms with Crippen molar-refractivity contribution in [1.29, 1.82) is 0 Å². The molecular formula is C28H25F2N3O4. The topological polar surface area (TPSA) is 91.7 Å². The zero-order valence-corrected chi connectivity index (χ0v) is 20.3. The lowest BCUT2D eigenvalue weighted by molar-refractivity contribution is -0.134. The minimum Gasteiger partial charge on any atom is -0.451 e. The lowest BCUT2D eigenvalue weighted by atomic mass is 9.79. The first-order valence-corrected chi connectivity index (χ1v) is 11.9. The molecule has 0 aliphatic carbocycles. The first-order valence-electron chi connectivity index (χ1n) is 11.9. The first-order chi connectivity index (χ1) is 17.5. The van der Waals surface area contributed by atoms with E-state index in [-0.39, 0.29) is 31.1 Å². The molecule has 1 spiro atoms. The molecule has 7 nitrogen and oxygen atoms in total. The molecule has 3 heterocycles. The molecule has 5 rings (SSSR count). The average molecular weight is 506 g/mol. The zero-order chi connectivity index (χ0) is 26.5. The van der Waals surface area contributed by atoms with Gasteiger partial charge in [0.25, 0.3) is 5.91 Å². The zero-order valence-electron chi connectivity index (χ0n) is 20.3. The van der Waals surface area contributed by atoms with Crippen molar-refractivity contribution in [1.82, 2.24) is 10.2 Å². The maximum Gasteiger partial charge on any atom is 0.287 e. The van der Waals surface area contributed by atoms with Gasteiger partial charge in [-0.25, -0.2) is 8.78 Å². The van der Waals surface area contributed by atoms with Crippen LogP contribution in [0, 0.1) is 18.2 Å². The number of nitrogens with zero attached hydrogens (tertiary/aromatic N) is 1. The summed E-state index contributed by atoms with van der Waals surface area (Å²) < 4.78 is 33.9. The number of anilines is 1. The van der Waals surface area contributed by atoms with Crippen molar-refractivity contribution in [2.45, 2.75) is 49.9 Å². The number of fused-ring (bicyclic) bond motifs is 3. The molecule has 0 bridgehead atoms. The third kappa shape index (κ3) is 4.33. The van der Waals surface area contributed by atoms with Gasteiger partial charge in [0.1, 0.15) is 23.1 Å². The van der Waals surface area contributed by atoms with Gasteiger partial charge in [-0.1, -0.05) is 24.1 Å². The van der Waals surface area contributed by atoms with Crippen LogP contribution in [0.25, 0.3) is 11.0 Å². The van der Waals surface area contributed by atoms with Gasteiger partial charge in [0, 0.05) is 24.0 Å². The van der Waals surface area contributed by atoms with Crippen LogP contribution in [-0.2, 0) is 15.0 Å². The van der Waals surface area contributed by atoms with E-state index in [9.17, 15) is 23.2 Å². The molecule has 190 valence electrons. The van der Waals surface area contributed by atoms with E-state index in [1.807, 2.05) is 12.1 Å². The molecule has 1 aromatic heterocycles. The van der Waals surface area contributed by atoms with E-state index in [0.717, 1.165) is 5.56 Å². The Hall–Kier alpha value is -4.19. The molecule has 9 heteroatoms. The number of likely N-dealkylation sites (tertiary alicyclic amines) is 1. The molecule has 3 atom stereocenters. The Balaban J connectivity index is 1.44. The molecule has 3 aromatic rings. The van der Waals surface area contributed by atoms with Gasteiger partial charge in [-0.3, -0.25) is 14.4 Å². The van der Waals surface area contributed by atoms with Gasteiger partial charge >= 0.3 is 0 Å². The number of benzene rings is 2. The number of nitrogens with one attached hydrogen (secondary N) is 2. The number of terminal acetylenes is 1. The number of carbonyl (C=O) groups excluding carboxylic acids is 3. The highest BCUT2D eigenvalue weighted by atomic mass is 19.1. The highest BCUT2D eigenvalue weighted by Crippen LogP contribution is 2.46. The van der Waals surface area contributed by atoms with Crippen molar-refractivity contribution in [3.63, 3.8) is 0 Å². The number of halogens is 2. The van der Waals surface area contributed by atoms with Crippen LogP contribution in [0.5, 0.6) is 0 Å². The van der Waals surface area contributed by atoms with Gasteiger partial charge in [-0.15, -0.1) is 6.42 Å². The van der Waals surface area contributed by atoms with Crippen LogP contribution in [0.1, 0.15) is 42.8 Å². The largest absolute Gasteiger partial charge is 0.451 e. The summed E-state index contributed by atoms with van der Waals surface area (Å²) in [6.45, 7) is 2.59. The molecule has 1 unspecified atom stereocenters. The van der Waals surface area contributed by atoms with Gasteiger partial charge in [0.2, 0.25) is 11.8 Å². The average Bonchev–Trinajstić information content (AvgIpc) is 3.51. The molecule has 2 N–H and O–H groups in total. The van der Waals surface area contributed by atoms with Crippen molar-refractivity contribution in [3.8, 4) is 12.3 Å². The van der Waals surface area contributed by atoms with Crippen LogP contribution < -0.4 is 10.6 Å². The van der Waals surface area contributed by atoms with Crippen molar-refractivity contribution in [2.24, 2.45) is 0 Å². The molecular weight excluding hydrogens is 480 g/mol. The third-order valence-corrected chi connectivity index (χ3v) is 6.95. The molecule has 2 aromatic carbocycles. The van der Waals surface area contributed by atoms with Gasteiger partial charge in [0.05, 0.1) is 11.5 Å². The second kappa shape index (κ2) is 8.73. The standard InChI is InChI=1S/C28H25F2N3O4/c1-4-18-13-28(19-7-5-6-8-20(19)32-26(28)36)15-33(18)25(35)21(14-27(2,3)30)31-24(34)23-12-16-11-17(29)9-10-22(16)37-23/h1,5-12,18,21H,13-15H2,2-3H3,(H,31,34)(H,32,36)/t18-,21?,28+/m1/s1. The highest BCUT2D eigenvalue weighted by molar-refractivity contribution is 6.07. The minimum atomic E-state index is -1.81. The summed E-state index contributed by atoms with van der Waals surface area (Å²) in [7, 11) is 0. The first kappa shape index (κ1) is 24.5. The summed E-state index contributed by atoms with van der Waals surface area (Å²) in [6.07, 6.45) is 5.63. The summed E-state index contributed by atoms with van der Waals surface area (Å²) in [6, 6.07) is 10.4. The van der Waals surface area contributed by atoms with Gasteiger partial charge in [0.15, 0.2) is 5.76 Å². The van der Waals surface area contributed by atoms with Crippen molar-refractivity contribution in [2.75, 3.05) is 11.9 Å². The Kier molecular flexibility index (Phi) is 5.78. The number of alkyl halides is 1. The van der Waals surface area contributed by atoms with E-state index in [1.165, 1.54) is 43.0 Å². The predicted octanol–water partition coefficient (Wildman–Crippen LogP) is 3.93. The quantitative estimate of drug-likeness (QED) is 0.514. The van der Waals surface area contributed by atoms with Gasteiger partial charge < -0.3 is 20.0 Å². The van der Waals surface area contributed by atoms with Gasteiger partial charge in [-0.05, 0) is 56.2 Å². The highest BCUT2D eigenvalue weighted by Gasteiger charge is 2.56. The van der Waals surface area contributed by atoms with Crippen molar-refractivity contribution >= 4 is 34.4 Å². The molecule has 37 heavy (non-hydrogen) atoms. The number of para-hydroxylation sites is 1. The number of hydrogen-bond donors (Lipinski definition) is 2. The molecule has 2 aliphatic heterocycles. The van der Waals surface area contributed by atoms with E-state index in [2.05, 4.69) is 16.6 Å². The van der Waals surface area contributed by atoms with Crippen LogP contribution in [0.3, 0.4) is 0 Å². The van der Waals surface area contributed by atoms with Crippen LogP contribution in [-0.4, -0.2) is 46.9 Å². The second-order valence-corrected chi connectivity index (χ2v) is 10.2. The lowest BCUT2D eigenvalue weighted by Gasteiger charge is -2.30. The fourth-order valence-electron chi connectivity index (χ4n) is 5.26. The maximum absolute atomic E-state index is 14.8. The lowest BCUT2D eigenvalue weighted by Crippen LogP contribution is -2.52. The monoisotopic (exact) mass is 505 g/mol. The molecule has 1 fully saturated rings. The Labute approximate surface area is 212 Å². The number of furan rings is 1. The summed E-state index contributed by atoms with van der Waals surface area (Å²) in [5.41, 5.74) is -1.15. The molecule has 3 amide bonds. The number of hydrogen-bond acceptors (Lipinski definition) is 4. The molecule has 1 saturated heterocycles. The minimum absolute atomic E-state index is 0.00739. The fraction of sp³-hybridized carbons (Fsp3) is 0.321. The number of rotatable bonds is 5. The Morgan fingerprint density at radius 3 is 2.78 bits per heavy atom. The van der Waals surface area contributed by atoms with E-state index in [4.69, 9.17) is 10.8 Å². The second-order valence-electron chi connectivity index (χ2n) is 10.2. The number of carbonyl (C=O) groups is 3. The third-order valence-electron chi connectivity index (χ3n) is 6.95. The van der Waals surface area contributed by atoms with Crippen molar-refractivity contribution in [3.05, 3.63) is 65.7 Å². The van der Waals surface area contributed by atoms with E-state index >= 15 is 0 Å². The van der Waals surface area contributed by atoms with E-state index in [0.29, 0.717) is 16.7 Å². The Morgan fingerprint density at radius 2 is 2.05 bits per heavy atom. The smallest absolute Gasteiger partial charge is 0.287 e. The van der Waals surface area contributed by atoms with E-state index < -0.39 is 40.8 Å².